The average Bonchev–Trinajstić information content (AvgIpc) is 2.91. The maximum atomic E-state index is 13.4. The van der Waals surface area contributed by atoms with E-state index in [0.29, 0.717) is 66.9 Å². The topological polar surface area (TPSA) is 103 Å². The number of halogens is 1. The van der Waals surface area contributed by atoms with Crippen molar-refractivity contribution in [2.45, 2.75) is 26.7 Å². The number of rotatable bonds is 8. The van der Waals surface area contributed by atoms with Crippen LogP contribution in [0.2, 0.25) is 5.02 Å². The fourth-order valence-corrected chi connectivity index (χ4v) is 4.35. The Bertz CT molecular complexity index is 1320. The maximum Gasteiger partial charge on any atom is 0.309 e. The number of carbonyl (C=O) groups is 2. The van der Waals surface area contributed by atoms with E-state index in [0.717, 1.165) is 0 Å². The number of nitrogens with zero attached hydrogens (tertiary/aromatic N) is 3. The Labute approximate surface area is 219 Å². The van der Waals surface area contributed by atoms with Gasteiger partial charge in [0.1, 0.15) is 0 Å². The average molecular weight is 525 g/mol. The van der Waals surface area contributed by atoms with Gasteiger partial charge in [0.25, 0.3) is 11.5 Å². The summed E-state index contributed by atoms with van der Waals surface area (Å²) in [6, 6.07) is 13.7. The van der Waals surface area contributed by atoms with Crippen molar-refractivity contribution in [3.63, 3.8) is 0 Å². The van der Waals surface area contributed by atoms with Gasteiger partial charge in [-0.15, -0.1) is 0 Å². The van der Waals surface area contributed by atoms with Gasteiger partial charge in [0.2, 0.25) is 0 Å². The van der Waals surface area contributed by atoms with Crippen LogP contribution in [0.25, 0.3) is 5.69 Å². The van der Waals surface area contributed by atoms with E-state index in [4.69, 9.17) is 21.1 Å². The highest BCUT2D eigenvalue weighted by molar-refractivity contribution is 6.30. The van der Waals surface area contributed by atoms with Crippen molar-refractivity contribution in [2.75, 3.05) is 31.6 Å². The number of ether oxygens (including phenoxy) is 2. The van der Waals surface area contributed by atoms with Crippen molar-refractivity contribution in [1.82, 2.24) is 14.7 Å². The second kappa shape index (κ2) is 11.9. The van der Waals surface area contributed by atoms with Crippen molar-refractivity contribution >= 4 is 34.9 Å². The number of amides is 1. The lowest BCUT2D eigenvalue weighted by atomic mass is 9.96. The van der Waals surface area contributed by atoms with Crippen LogP contribution in [0.1, 0.15) is 37.0 Å². The molecule has 1 saturated heterocycles. The summed E-state index contributed by atoms with van der Waals surface area (Å²) in [5, 5.41) is 7.91. The first-order valence-corrected chi connectivity index (χ1v) is 12.6. The summed E-state index contributed by atoms with van der Waals surface area (Å²) in [7, 11) is 0. The standard InChI is InChI=1S/C27H29ClN4O5/c1-3-36-23-17-29-32(22-10-8-20(28)9-11-22)26(34)24(23)30-21-7-5-6-19(16-21)25(33)31-14-12-18(13-15-31)27(35)37-4-2/h5-11,16-18,30H,3-4,12-15H2,1-2H3. The molecular weight excluding hydrogens is 496 g/mol. The number of esters is 1. The van der Waals surface area contributed by atoms with E-state index in [1.807, 2.05) is 6.92 Å². The van der Waals surface area contributed by atoms with Gasteiger partial charge in [0, 0.05) is 29.4 Å². The predicted molar refractivity (Wildman–Crippen MR) is 141 cm³/mol. The highest BCUT2D eigenvalue weighted by atomic mass is 35.5. The number of anilines is 2. The first kappa shape index (κ1) is 26.2. The number of nitrogens with one attached hydrogen (secondary N) is 1. The minimum Gasteiger partial charge on any atom is -0.490 e. The molecule has 2 aromatic carbocycles. The normalized spacial score (nSPS) is 13.8. The monoisotopic (exact) mass is 524 g/mol. The van der Waals surface area contributed by atoms with Crippen molar-refractivity contribution in [3.05, 3.63) is 75.7 Å². The lowest BCUT2D eigenvalue weighted by Gasteiger charge is -2.31. The molecule has 37 heavy (non-hydrogen) atoms. The highest BCUT2D eigenvalue weighted by Crippen LogP contribution is 2.26. The summed E-state index contributed by atoms with van der Waals surface area (Å²) in [5.74, 6) is -0.212. The van der Waals surface area contributed by atoms with Crippen LogP contribution in [0.5, 0.6) is 5.75 Å². The summed E-state index contributed by atoms with van der Waals surface area (Å²) in [5.41, 5.74) is 1.37. The Morgan fingerprint density at radius 2 is 1.81 bits per heavy atom. The number of aromatic nitrogens is 2. The summed E-state index contributed by atoms with van der Waals surface area (Å²) in [4.78, 5) is 40.3. The van der Waals surface area contributed by atoms with Gasteiger partial charge in [0.05, 0.1) is 31.0 Å². The van der Waals surface area contributed by atoms with Crippen LogP contribution in [-0.2, 0) is 9.53 Å². The summed E-state index contributed by atoms with van der Waals surface area (Å²) < 4.78 is 12.0. The molecule has 0 saturated carbocycles. The summed E-state index contributed by atoms with van der Waals surface area (Å²) in [6.45, 7) is 5.26. The van der Waals surface area contributed by atoms with Crippen molar-refractivity contribution in [1.29, 1.82) is 0 Å². The fraction of sp³-hybridized carbons (Fsp3) is 0.333. The molecule has 1 N–H and O–H groups in total. The van der Waals surface area contributed by atoms with E-state index >= 15 is 0 Å². The number of likely N-dealkylation sites (tertiary alicyclic amines) is 1. The van der Waals surface area contributed by atoms with Gasteiger partial charge < -0.3 is 19.7 Å². The lowest BCUT2D eigenvalue weighted by Crippen LogP contribution is -2.40. The molecule has 10 heteroatoms. The highest BCUT2D eigenvalue weighted by Gasteiger charge is 2.28. The second-order valence-electron chi connectivity index (χ2n) is 8.53. The Morgan fingerprint density at radius 3 is 2.49 bits per heavy atom. The van der Waals surface area contributed by atoms with Gasteiger partial charge in [-0.3, -0.25) is 14.4 Å². The Morgan fingerprint density at radius 1 is 1.08 bits per heavy atom. The largest absolute Gasteiger partial charge is 0.490 e. The van der Waals surface area contributed by atoms with Gasteiger partial charge in [0.15, 0.2) is 11.4 Å². The van der Waals surface area contributed by atoms with Crippen molar-refractivity contribution in [3.8, 4) is 11.4 Å². The number of carbonyl (C=O) groups excluding carboxylic acids is 2. The first-order chi connectivity index (χ1) is 17.9. The molecule has 1 amide bonds. The molecule has 1 aliphatic heterocycles. The quantitative estimate of drug-likeness (QED) is 0.434. The van der Waals surface area contributed by atoms with Crippen LogP contribution in [-0.4, -0.2) is 52.9 Å². The molecule has 0 spiro atoms. The number of hydrogen-bond donors (Lipinski definition) is 1. The van der Waals surface area contributed by atoms with Crippen molar-refractivity contribution in [2.24, 2.45) is 5.92 Å². The molecule has 0 bridgehead atoms. The third kappa shape index (κ3) is 6.11. The SMILES string of the molecule is CCOC(=O)C1CCN(C(=O)c2cccc(Nc3c(OCC)cnn(-c4ccc(Cl)cc4)c3=O)c2)CC1. The van der Waals surface area contributed by atoms with Gasteiger partial charge in [-0.2, -0.15) is 9.78 Å². The number of hydrogen-bond acceptors (Lipinski definition) is 7. The fourth-order valence-electron chi connectivity index (χ4n) is 4.22. The lowest BCUT2D eigenvalue weighted by molar-refractivity contribution is -0.149. The smallest absolute Gasteiger partial charge is 0.309 e. The molecule has 0 atom stereocenters. The molecule has 0 unspecified atom stereocenters. The Kier molecular flexibility index (Phi) is 8.45. The molecular formula is C27H29ClN4O5. The molecule has 4 rings (SSSR count). The van der Waals surface area contributed by atoms with Gasteiger partial charge in [-0.1, -0.05) is 17.7 Å². The minimum absolute atomic E-state index is 0.135. The predicted octanol–water partition coefficient (Wildman–Crippen LogP) is 4.44. The van der Waals surface area contributed by atoms with Gasteiger partial charge in [-0.05, 0) is 69.2 Å². The van der Waals surface area contributed by atoms with E-state index in [-0.39, 0.29) is 23.5 Å². The van der Waals surface area contributed by atoms with Crippen molar-refractivity contribution < 1.29 is 19.1 Å². The molecule has 1 aliphatic rings. The van der Waals surface area contributed by atoms with Crippen LogP contribution in [0.4, 0.5) is 11.4 Å². The zero-order chi connectivity index (χ0) is 26.4. The van der Waals surface area contributed by atoms with Crippen LogP contribution in [0, 0.1) is 5.92 Å². The van der Waals surface area contributed by atoms with E-state index in [2.05, 4.69) is 10.4 Å². The Balaban J connectivity index is 1.55. The van der Waals surface area contributed by atoms with Crippen LogP contribution in [0.15, 0.2) is 59.5 Å². The molecule has 1 fully saturated rings. The zero-order valence-electron chi connectivity index (χ0n) is 20.8. The van der Waals surface area contributed by atoms with E-state index in [1.54, 1.807) is 60.4 Å². The maximum absolute atomic E-state index is 13.4. The number of benzene rings is 2. The molecule has 2 heterocycles. The zero-order valence-corrected chi connectivity index (χ0v) is 21.5. The molecule has 0 radical (unpaired) electrons. The van der Waals surface area contributed by atoms with E-state index in [9.17, 15) is 14.4 Å². The summed E-state index contributed by atoms with van der Waals surface area (Å²) in [6.07, 6.45) is 2.62. The third-order valence-electron chi connectivity index (χ3n) is 6.10. The molecule has 194 valence electrons. The van der Waals surface area contributed by atoms with Crippen LogP contribution >= 0.6 is 11.6 Å². The molecule has 3 aromatic rings. The third-order valence-corrected chi connectivity index (χ3v) is 6.35. The Hall–Kier alpha value is -3.85. The van der Waals surface area contributed by atoms with Crippen LogP contribution < -0.4 is 15.6 Å². The van der Waals surface area contributed by atoms with E-state index < -0.39 is 5.56 Å². The summed E-state index contributed by atoms with van der Waals surface area (Å²) >= 11 is 5.98. The minimum atomic E-state index is -0.411. The second-order valence-corrected chi connectivity index (χ2v) is 8.97. The molecule has 9 nitrogen and oxygen atoms in total. The first-order valence-electron chi connectivity index (χ1n) is 12.2. The van der Waals surface area contributed by atoms with Gasteiger partial charge in [-0.25, -0.2) is 0 Å². The molecule has 0 aliphatic carbocycles. The van der Waals surface area contributed by atoms with Gasteiger partial charge >= 0.3 is 5.97 Å². The van der Waals surface area contributed by atoms with Crippen LogP contribution in [0.3, 0.4) is 0 Å². The van der Waals surface area contributed by atoms with E-state index in [1.165, 1.54) is 10.9 Å². The number of piperidine rings is 1. The molecule has 1 aromatic heterocycles.